The Balaban J connectivity index is 2.30. The van der Waals surface area contributed by atoms with Crippen LogP contribution in [0, 0.1) is 0 Å². The summed E-state index contributed by atoms with van der Waals surface area (Å²) in [6, 6.07) is 0.214. The van der Waals surface area contributed by atoms with Crippen molar-refractivity contribution in [2.45, 2.75) is 69.7 Å². The average molecular weight is 304 g/mol. The van der Waals surface area contributed by atoms with Gasteiger partial charge in [0.1, 0.15) is 9.84 Å². The Kier molecular flexibility index (Phi) is 6.01. The molecule has 2 atom stereocenters. The summed E-state index contributed by atoms with van der Waals surface area (Å²) in [5, 5.41) is 6.01. The Hall–Kier alpha value is -0.620. The van der Waals surface area contributed by atoms with Crippen molar-refractivity contribution in [3.05, 3.63) is 0 Å². The highest BCUT2D eigenvalue weighted by atomic mass is 32.2. The van der Waals surface area contributed by atoms with E-state index in [0.29, 0.717) is 19.4 Å². The first-order valence-electron chi connectivity index (χ1n) is 7.31. The fourth-order valence-electron chi connectivity index (χ4n) is 2.59. The molecular weight excluding hydrogens is 276 g/mol. The van der Waals surface area contributed by atoms with Gasteiger partial charge in [0.25, 0.3) is 0 Å². The van der Waals surface area contributed by atoms with Crippen LogP contribution < -0.4 is 10.6 Å². The first-order chi connectivity index (χ1) is 9.08. The van der Waals surface area contributed by atoms with Crippen LogP contribution in [-0.4, -0.2) is 44.0 Å². The summed E-state index contributed by atoms with van der Waals surface area (Å²) in [6.45, 7) is 6.46. The number of nitrogens with one attached hydrogen (secondary N) is 2. The molecule has 1 fully saturated rings. The first-order valence-corrected chi connectivity index (χ1v) is 9.26. The molecule has 0 aromatic carbocycles. The molecule has 1 amide bonds. The number of hydrogen-bond acceptors (Lipinski definition) is 4. The minimum atomic E-state index is -2.94. The summed E-state index contributed by atoms with van der Waals surface area (Å²) >= 11 is 0. The molecule has 6 heteroatoms. The second kappa shape index (κ2) is 6.89. The Labute approximate surface area is 122 Å². The zero-order valence-corrected chi connectivity index (χ0v) is 13.8. The van der Waals surface area contributed by atoms with Crippen LogP contribution >= 0.6 is 0 Å². The lowest BCUT2D eigenvalue weighted by Crippen LogP contribution is -2.43. The van der Waals surface area contributed by atoms with Gasteiger partial charge in [-0.25, -0.2) is 8.42 Å². The zero-order chi connectivity index (χ0) is 15.4. The summed E-state index contributed by atoms with van der Waals surface area (Å²) in [5.41, 5.74) is -0.205. The lowest BCUT2D eigenvalue weighted by molar-refractivity contribution is -0.122. The third-order valence-electron chi connectivity index (χ3n) is 3.53. The van der Waals surface area contributed by atoms with Crippen molar-refractivity contribution >= 4 is 15.7 Å². The summed E-state index contributed by atoms with van der Waals surface area (Å²) < 4.78 is 23.2. The predicted molar refractivity (Wildman–Crippen MR) is 81.4 cm³/mol. The molecule has 0 heterocycles. The molecule has 2 N–H and O–H groups in total. The monoisotopic (exact) mass is 304 g/mol. The third kappa shape index (κ3) is 6.70. The Morgan fingerprint density at radius 2 is 1.90 bits per heavy atom. The molecule has 0 aromatic heterocycles. The number of carbonyl (C=O) groups excluding carboxylic acids is 1. The van der Waals surface area contributed by atoms with Gasteiger partial charge >= 0.3 is 0 Å². The van der Waals surface area contributed by atoms with Crippen LogP contribution in [0.3, 0.4) is 0 Å². The molecule has 0 radical (unpaired) electrons. The topological polar surface area (TPSA) is 75.3 Å². The summed E-state index contributed by atoms with van der Waals surface area (Å²) in [7, 11) is -2.94. The van der Waals surface area contributed by atoms with Crippen molar-refractivity contribution in [1.82, 2.24) is 10.6 Å². The van der Waals surface area contributed by atoms with Gasteiger partial charge in [-0.15, -0.1) is 0 Å². The van der Waals surface area contributed by atoms with Gasteiger partial charge in [0.15, 0.2) is 0 Å². The first kappa shape index (κ1) is 17.4. The van der Waals surface area contributed by atoms with Gasteiger partial charge < -0.3 is 10.6 Å². The van der Waals surface area contributed by atoms with E-state index in [1.54, 1.807) is 0 Å². The van der Waals surface area contributed by atoms with Crippen LogP contribution in [0.2, 0.25) is 0 Å². The van der Waals surface area contributed by atoms with E-state index in [1.807, 2.05) is 20.8 Å². The largest absolute Gasteiger partial charge is 0.351 e. The Bertz CT molecular complexity index is 426. The standard InChI is InChI=1S/C14H28N2O3S/c1-14(2,3)16-13(17)8-9-15-11-6-5-7-12(10-11)20(4,18)19/h11-12,15H,5-10H2,1-4H3,(H,16,17). The molecule has 20 heavy (non-hydrogen) atoms. The number of sulfone groups is 1. The normalized spacial score (nSPS) is 24.4. The van der Waals surface area contributed by atoms with Crippen LogP contribution in [0.25, 0.3) is 0 Å². The number of carbonyl (C=O) groups is 1. The summed E-state index contributed by atoms with van der Waals surface area (Å²) in [5.74, 6) is 0.0282. The van der Waals surface area contributed by atoms with E-state index in [1.165, 1.54) is 6.26 Å². The molecule has 0 spiro atoms. The predicted octanol–water partition coefficient (Wildman–Crippen LogP) is 1.24. The van der Waals surface area contributed by atoms with Crippen molar-refractivity contribution < 1.29 is 13.2 Å². The average Bonchev–Trinajstić information content (AvgIpc) is 2.25. The van der Waals surface area contributed by atoms with E-state index in [9.17, 15) is 13.2 Å². The maximum atomic E-state index is 11.7. The highest BCUT2D eigenvalue weighted by Crippen LogP contribution is 2.23. The van der Waals surface area contributed by atoms with E-state index in [2.05, 4.69) is 10.6 Å². The summed E-state index contributed by atoms with van der Waals surface area (Å²) in [4.78, 5) is 11.7. The second-order valence-electron chi connectivity index (χ2n) is 6.82. The molecular formula is C14H28N2O3S. The lowest BCUT2D eigenvalue weighted by atomic mass is 9.95. The maximum absolute atomic E-state index is 11.7. The number of hydrogen-bond donors (Lipinski definition) is 2. The van der Waals surface area contributed by atoms with Crippen LogP contribution in [0.5, 0.6) is 0 Å². The van der Waals surface area contributed by atoms with E-state index in [-0.39, 0.29) is 22.7 Å². The molecule has 0 bridgehead atoms. The van der Waals surface area contributed by atoms with E-state index in [4.69, 9.17) is 0 Å². The third-order valence-corrected chi connectivity index (χ3v) is 5.17. The van der Waals surface area contributed by atoms with Crippen molar-refractivity contribution in [2.75, 3.05) is 12.8 Å². The van der Waals surface area contributed by atoms with Crippen LogP contribution in [0.1, 0.15) is 52.9 Å². The van der Waals surface area contributed by atoms with Gasteiger partial charge in [0.2, 0.25) is 5.91 Å². The van der Waals surface area contributed by atoms with E-state index in [0.717, 1.165) is 19.3 Å². The van der Waals surface area contributed by atoms with Crippen molar-refractivity contribution in [3.63, 3.8) is 0 Å². The van der Waals surface area contributed by atoms with Crippen molar-refractivity contribution in [2.24, 2.45) is 0 Å². The SMILES string of the molecule is CC(C)(C)NC(=O)CCNC1CCCC(S(C)(=O)=O)C1. The highest BCUT2D eigenvalue weighted by Gasteiger charge is 2.28. The van der Waals surface area contributed by atoms with Gasteiger partial charge in [0.05, 0.1) is 5.25 Å². The smallest absolute Gasteiger partial charge is 0.221 e. The van der Waals surface area contributed by atoms with Crippen molar-refractivity contribution in [3.8, 4) is 0 Å². The lowest BCUT2D eigenvalue weighted by Gasteiger charge is -2.29. The molecule has 5 nitrogen and oxygen atoms in total. The van der Waals surface area contributed by atoms with Gasteiger partial charge in [-0.1, -0.05) is 6.42 Å². The van der Waals surface area contributed by atoms with Gasteiger partial charge in [-0.2, -0.15) is 0 Å². The van der Waals surface area contributed by atoms with Crippen LogP contribution in [0.15, 0.2) is 0 Å². The Morgan fingerprint density at radius 1 is 1.25 bits per heavy atom. The fraction of sp³-hybridized carbons (Fsp3) is 0.929. The molecule has 0 saturated heterocycles. The quantitative estimate of drug-likeness (QED) is 0.801. The molecule has 0 aliphatic heterocycles. The minimum Gasteiger partial charge on any atom is -0.351 e. The van der Waals surface area contributed by atoms with Gasteiger partial charge in [-0.05, 0) is 40.0 Å². The highest BCUT2D eigenvalue weighted by molar-refractivity contribution is 7.91. The molecule has 1 saturated carbocycles. The van der Waals surface area contributed by atoms with Crippen molar-refractivity contribution in [1.29, 1.82) is 0 Å². The van der Waals surface area contributed by atoms with Gasteiger partial charge in [-0.3, -0.25) is 4.79 Å². The maximum Gasteiger partial charge on any atom is 0.221 e. The second-order valence-corrected chi connectivity index (χ2v) is 9.14. The van der Waals surface area contributed by atoms with Crippen LogP contribution in [0.4, 0.5) is 0 Å². The molecule has 1 aliphatic rings. The van der Waals surface area contributed by atoms with Gasteiger partial charge in [0, 0.05) is 30.8 Å². The minimum absolute atomic E-state index is 0.0282. The molecule has 0 aromatic rings. The molecule has 1 aliphatic carbocycles. The molecule has 1 rings (SSSR count). The Morgan fingerprint density at radius 3 is 2.45 bits per heavy atom. The summed E-state index contributed by atoms with van der Waals surface area (Å²) in [6.07, 6.45) is 5.10. The molecule has 2 unspecified atom stereocenters. The number of rotatable bonds is 5. The number of amides is 1. The zero-order valence-electron chi connectivity index (χ0n) is 13.0. The van der Waals surface area contributed by atoms with Crippen LogP contribution in [-0.2, 0) is 14.6 Å². The van der Waals surface area contributed by atoms with E-state index < -0.39 is 9.84 Å². The molecule has 118 valence electrons. The fourth-order valence-corrected chi connectivity index (χ4v) is 3.77. The van der Waals surface area contributed by atoms with E-state index >= 15 is 0 Å².